The fourth-order valence-electron chi connectivity index (χ4n) is 4.39. The number of aromatic nitrogens is 2. The summed E-state index contributed by atoms with van der Waals surface area (Å²) in [5.41, 5.74) is 5.70. The Balaban J connectivity index is 1.58. The summed E-state index contributed by atoms with van der Waals surface area (Å²) >= 11 is 0. The fourth-order valence-corrected chi connectivity index (χ4v) is 5.30. The van der Waals surface area contributed by atoms with Crippen LogP contribution in [-0.2, 0) is 35.7 Å². The molecule has 0 radical (unpaired) electrons. The van der Waals surface area contributed by atoms with E-state index in [-0.39, 0.29) is 11.1 Å². The fraction of sp³-hybridized carbons (Fsp3) is 0.500. The topological polar surface area (TPSA) is 93.1 Å². The van der Waals surface area contributed by atoms with Crippen molar-refractivity contribution in [1.82, 2.24) is 14.3 Å². The van der Waals surface area contributed by atoms with Gasteiger partial charge in [0, 0.05) is 17.9 Å². The quantitative estimate of drug-likeness (QED) is 0.821. The molecule has 7 nitrogen and oxygen atoms in total. The highest BCUT2D eigenvalue weighted by Gasteiger charge is 2.27. The minimum Gasteiger partial charge on any atom is -0.331 e. The lowest BCUT2D eigenvalue weighted by Crippen LogP contribution is -2.35. The molecule has 0 saturated carbocycles. The maximum absolute atomic E-state index is 12.6. The van der Waals surface area contributed by atoms with Crippen molar-refractivity contribution in [3.05, 3.63) is 40.3 Å². The number of carbonyl (C=O) groups excluding carboxylic acids is 1. The van der Waals surface area contributed by atoms with E-state index in [4.69, 9.17) is 0 Å². The molecule has 0 spiro atoms. The van der Waals surface area contributed by atoms with Gasteiger partial charge in [-0.25, -0.2) is 14.5 Å². The maximum atomic E-state index is 12.6. The van der Waals surface area contributed by atoms with Crippen LogP contribution in [0.4, 0.5) is 10.5 Å². The molecular weight excluding hydrogens is 376 g/mol. The smallest absolute Gasteiger partial charge is 0.331 e. The van der Waals surface area contributed by atoms with Crippen molar-refractivity contribution in [2.45, 2.75) is 70.4 Å². The summed E-state index contributed by atoms with van der Waals surface area (Å²) in [7, 11) is -4.04. The van der Waals surface area contributed by atoms with Crippen molar-refractivity contribution >= 4 is 21.7 Å². The van der Waals surface area contributed by atoms with E-state index >= 15 is 0 Å². The highest BCUT2D eigenvalue weighted by atomic mass is 32.2. The van der Waals surface area contributed by atoms with E-state index in [9.17, 15) is 13.2 Å². The lowest BCUT2D eigenvalue weighted by molar-refractivity contribution is 0.256. The van der Waals surface area contributed by atoms with Gasteiger partial charge in [0.25, 0.3) is 10.0 Å². The van der Waals surface area contributed by atoms with Crippen molar-refractivity contribution in [3.8, 4) is 0 Å². The molecule has 4 rings (SSSR count). The average molecular weight is 403 g/mol. The van der Waals surface area contributed by atoms with Gasteiger partial charge in [0.05, 0.1) is 0 Å². The highest BCUT2D eigenvalue weighted by molar-refractivity contribution is 7.90. The molecule has 0 bridgehead atoms. The second kappa shape index (κ2) is 6.92. The van der Waals surface area contributed by atoms with Crippen LogP contribution in [0.1, 0.15) is 60.8 Å². The zero-order chi connectivity index (χ0) is 20.1. The number of hydrogen-bond acceptors (Lipinski definition) is 4. The molecule has 8 heteroatoms. The van der Waals surface area contributed by atoms with E-state index in [0.29, 0.717) is 5.82 Å². The van der Waals surface area contributed by atoms with Crippen molar-refractivity contribution < 1.29 is 13.2 Å². The standard InChI is InChI=1S/C20H26N4O3S/c1-12(2)24-11-18(21-13(24)3)28(26,27)23-20(25)22-19-16-8-4-6-14(16)10-15-7-5-9-17(15)19/h10-12H,4-9H2,1-3H3,(H2,22,23,25). The Morgan fingerprint density at radius 2 is 1.71 bits per heavy atom. The van der Waals surface area contributed by atoms with Crippen LogP contribution in [0.15, 0.2) is 17.3 Å². The average Bonchev–Trinajstić information content (AvgIpc) is 3.32. The molecular formula is C20H26N4O3S. The number of amides is 2. The molecule has 0 unspecified atom stereocenters. The molecule has 2 aliphatic carbocycles. The molecule has 2 N–H and O–H groups in total. The van der Waals surface area contributed by atoms with E-state index in [0.717, 1.165) is 55.3 Å². The first-order valence-electron chi connectivity index (χ1n) is 9.82. The Hall–Kier alpha value is -2.35. The van der Waals surface area contributed by atoms with Crippen molar-refractivity contribution in [2.24, 2.45) is 0 Å². The molecule has 1 aromatic carbocycles. The van der Waals surface area contributed by atoms with Gasteiger partial charge in [-0.1, -0.05) is 6.07 Å². The van der Waals surface area contributed by atoms with Crippen LogP contribution < -0.4 is 10.0 Å². The van der Waals surface area contributed by atoms with Gasteiger partial charge in [0.2, 0.25) is 0 Å². The zero-order valence-corrected chi connectivity index (χ0v) is 17.3. The van der Waals surface area contributed by atoms with Gasteiger partial charge in [-0.3, -0.25) is 0 Å². The number of benzene rings is 1. The normalized spacial score (nSPS) is 15.6. The number of imidazole rings is 1. The molecule has 0 fully saturated rings. The number of fused-ring (bicyclic) bond motifs is 2. The zero-order valence-electron chi connectivity index (χ0n) is 16.5. The molecule has 2 aliphatic rings. The molecule has 0 aliphatic heterocycles. The number of urea groups is 1. The van der Waals surface area contributed by atoms with Crippen LogP contribution >= 0.6 is 0 Å². The van der Waals surface area contributed by atoms with Gasteiger partial charge < -0.3 is 9.88 Å². The summed E-state index contributed by atoms with van der Waals surface area (Å²) in [6.45, 7) is 5.64. The lowest BCUT2D eigenvalue weighted by atomic mass is 9.99. The summed E-state index contributed by atoms with van der Waals surface area (Å²) in [5.74, 6) is 0.592. The third kappa shape index (κ3) is 3.30. The Kier molecular flexibility index (Phi) is 4.69. The van der Waals surface area contributed by atoms with Gasteiger partial charge in [0.1, 0.15) is 5.82 Å². The van der Waals surface area contributed by atoms with Crippen LogP contribution in [0, 0.1) is 6.92 Å². The van der Waals surface area contributed by atoms with Crippen molar-refractivity contribution in [3.63, 3.8) is 0 Å². The third-order valence-electron chi connectivity index (χ3n) is 5.67. The second-order valence-electron chi connectivity index (χ2n) is 7.92. The second-order valence-corrected chi connectivity index (χ2v) is 9.55. The van der Waals surface area contributed by atoms with E-state index in [2.05, 4.69) is 21.1 Å². The number of sulfonamides is 1. The molecule has 1 heterocycles. The summed E-state index contributed by atoms with van der Waals surface area (Å²) in [6, 6.07) is 1.62. The van der Waals surface area contributed by atoms with Crippen LogP contribution in [0.25, 0.3) is 0 Å². The molecule has 2 aromatic rings. The first kappa shape index (κ1) is 19.0. The van der Waals surface area contributed by atoms with Gasteiger partial charge in [-0.05, 0) is 81.5 Å². The monoisotopic (exact) mass is 402 g/mol. The third-order valence-corrected chi connectivity index (χ3v) is 6.87. The predicted molar refractivity (Wildman–Crippen MR) is 107 cm³/mol. The Morgan fingerprint density at radius 3 is 2.25 bits per heavy atom. The number of anilines is 1. The van der Waals surface area contributed by atoms with Crippen LogP contribution in [0.3, 0.4) is 0 Å². The SMILES string of the molecule is Cc1nc(S(=O)(=O)NC(=O)Nc2c3c(cc4c2CCC4)CCC3)cn1C(C)C. The van der Waals surface area contributed by atoms with Crippen LogP contribution in [0.2, 0.25) is 0 Å². The van der Waals surface area contributed by atoms with Crippen LogP contribution in [0.5, 0.6) is 0 Å². The summed E-state index contributed by atoms with van der Waals surface area (Å²) in [6.07, 6.45) is 7.48. The largest absolute Gasteiger partial charge is 0.333 e. The Bertz CT molecular complexity index is 1020. The minimum atomic E-state index is -4.04. The summed E-state index contributed by atoms with van der Waals surface area (Å²) in [5, 5.41) is 2.71. The highest BCUT2D eigenvalue weighted by Crippen LogP contribution is 2.38. The van der Waals surface area contributed by atoms with Gasteiger partial charge in [0.15, 0.2) is 5.03 Å². The summed E-state index contributed by atoms with van der Waals surface area (Å²) < 4.78 is 29.2. The van der Waals surface area contributed by atoms with E-state index in [1.807, 2.05) is 13.8 Å². The van der Waals surface area contributed by atoms with Crippen molar-refractivity contribution in [2.75, 3.05) is 5.32 Å². The van der Waals surface area contributed by atoms with E-state index in [1.165, 1.54) is 17.3 Å². The lowest BCUT2D eigenvalue weighted by Gasteiger charge is -2.16. The van der Waals surface area contributed by atoms with Gasteiger partial charge in [-0.15, -0.1) is 0 Å². The molecule has 2 amide bonds. The first-order chi connectivity index (χ1) is 13.3. The maximum Gasteiger partial charge on any atom is 0.333 e. The number of aryl methyl sites for hydroxylation is 3. The van der Waals surface area contributed by atoms with Crippen LogP contribution in [-0.4, -0.2) is 24.0 Å². The van der Waals surface area contributed by atoms with E-state index in [1.54, 1.807) is 11.5 Å². The van der Waals surface area contributed by atoms with Gasteiger partial charge in [-0.2, -0.15) is 8.42 Å². The van der Waals surface area contributed by atoms with Gasteiger partial charge >= 0.3 is 6.03 Å². The Labute approximate surface area is 165 Å². The first-order valence-corrected chi connectivity index (χ1v) is 11.3. The molecule has 0 atom stereocenters. The number of hydrogen-bond donors (Lipinski definition) is 2. The number of nitrogens with one attached hydrogen (secondary N) is 2. The number of carbonyl (C=O) groups is 1. The van der Waals surface area contributed by atoms with Crippen molar-refractivity contribution in [1.29, 1.82) is 0 Å². The molecule has 28 heavy (non-hydrogen) atoms. The van der Waals surface area contributed by atoms with E-state index < -0.39 is 16.1 Å². The molecule has 0 saturated heterocycles. The molecule has 1 aromatic heterocycles. The predicted octanol–water partition coefficient (Wildman–Crippen LogP) is 3.26. The number of nitrogens with zero attached hydrogens (tertiary/aromatic N) is 2. The number of rotatable bonds is 4. The molecule has 150 valence electrons. The summed E-state index contributed by atoms with van der Waals surface area (Å²) in [4.78, 5) is 16.7. The minimum absolute atomic E-state index is 0.0831. The Morgan fingerprint density at radius 1 is 1.11 bits per heavy atom.